The van der Waals surface area contributed by atoms with Crippen molar-refractivity contribution in [1.29, 1.82) is 0 Å². The van der Waals surface area contributed by atoms with Crippen molar-refractivity contribution in [3.63, 3.8) is 0 Å². The maximum atomic E-state index is 11.4. The summed E-state index contributed by atoms with van der Waals surface area (Å²) in [5.74, 6) is -10.1. The third kappa shape index (κ3) is 6.11. The topological polar surface area (TPSA) is 249 Å². The van der Waals surface area contributed by atoms with Crippen molar-refractivity contribution in [1.82, 2.24) is 0 Å². The Morgan fingerprint density at radius 3 is 1.62 bits per heavy atom. The third-order valence-electron chi connectivity index (χ3n) is 3.94. The van der Waals surface area contributed by atoms with Gasteiger partial charge in [-0.1, -0.05) is 0 Å². The molecule has 2 aliphatic rings. The number of rotatable bonds is 5. The average Bonchev–Trinajstić information content (AvgIpc) is 2.81. The summed E-state index contributed by atoms with van der Waals surface area (Å²) in [6, 6.07) is 0. The van der Waals surface area contributed by atoms with Crippen molar-refractivity contribution in [3.8, 4) is 0 Å². The van der Waals surface area contributed by atoms with Gasteiger partial charge < -0.3 is 69.4 Å². The van der Waals surface area contributed by atoms with Gasteiger partial charge in [0.15, 0.2) is 6.29 Å². The van der Waals surface area contributed by atoms with E-state index in [0.717, 1.165) is 0 Å². The van der Waals surface area contributed by atoms with Crippen molar-refractivity contribution in [2.75, 3.05) is 0 Å². The van der Waals surface area contributed by atoms with Crippen LogP contribution in [-0.2, 0) is 28.6 Å². The molecule has 0 aliphatic carbocycles. The zero-order chi connectivity index (χ0) is 20.0. The second-order valence-electron chi connectivity index (χ2n) is 5.58. The molecule has 0 amide bonds. The smallest absolute Gasteiger partial charge is 0.547 e. The van der Waals surface area contributed by atoms with Gasteiger partial charge in [-0.05, 0) is 0 Å². The summed E-state index contributed by atoms with van der Waals surface area (Å²) in [4.78, 5) is 33.1. The molecule has 2 heterocycles. The van der Waals surface area contributed by atoms with Gasteiger partial charge in [-0.3, -0.25) is 0 Å². The second-order valence-corrected chi connectivity index (χ2v) is 5.58. The number of aliphatic hydroxyl groups is 5. The number of aliphatic carboxylic acids is 3. The summed E-state index contributed by atoms with van der Waals surface area (Å²) < 4.78 is 13.7. The number of carbonyl (C=O) groups is 3. The zero-order valence-corrected chi connectivity index (χ0v) is 21.5. The first-order valence-corrected chi connectivity index (χ1v) is 6.98. The van der Waals surface area contributed by atoms with Gasteiger partial charge in [0.25, 0.3) is 0 Å². The Hall–Kier alpha value is 1.09. The van der Waals surface area contributed by atoms with Gasteiger partial charge in [0, 0.05) is 0 Å². The molecule has 0 unspecified atom stereocenters. The Kier molecular flexibility index (Phi) is 13.8. The quantitative estimate of drug-likeness (QED) is 0.244. The van der Waals surface area contributed by atoms with Crippen LogP contribution in [0.25, 0.3) is 0 Å². The Morgan fingerprint density at radius 1 is 0.759 bits per heavy atom. The van der Waals surface area contributed by atoms with E-state index in [1.165, 1.54) is 0 Å². The minimum Gasteiger partial charge on any atom is -0.547 e. The van der Waals surface area contributed by atoms with E-state index in [2.05, 4.69) is 14.2 Å². The maximum Gasteiger partial charge on any atom is 1.00 e. The first-order chi connectivity index (χ1) is 11.9. The molecule has 0 aromatic heterocycles. The minimum atomic E-state index is -3.44. The Morgan fingerprint density at radius 2 is 1.24 bits per heavy atom. The SMILES string of the molecule is O=C([O-])[C@H]1O[C@](O[C@H]2O[C@H](C(=O)[O-])[C@@H](O)[C@H](O)[C@H]2O)(C(=O)[O-])[C@@H](O)[C@@H]1O.[Na+].[Na+].[Na+]. The van der Waals surface area contributed by atoms with E-state index in [-0.39, 0.29) is 88.7 Å². The molecule has 0 bridgehead atoms. The van der Waals surface area contributed by atoms with Crippen molar-refractivity contribution < 1.29 is 158 Å². The maximum absolute atomic E-state index is 11.4. The normalized spacial score (nSPS) is 41.3. The fraction of sp³-hybridized carbons (Fsp3) is 0.750. The van der Waals surface area contributed by atoms with Gasteiger partial charge in [-0.15, -0.1) is 0 Å². The molecular formula is C12H13Na3O14. The third-order valence-corrected chi connectivity index (χ3v) is 3.94. The monoisotopic (exact) mass is 450 g/mol. The number of carbonyl (C=O) groups excluding carboxylic acids is 3. The molecule has 29 heavy (non-hydrogen) atoms. The van der Waals surface area contributed by atoms with Crippen molar-refractivity contribution in [3.05, 3.63) is 0 Å². The molecule has 0 aromatic carbocycles. The average molecular weight is 450 g/mol. The van der Waals surface area contributed by atoms with Crippen LogP contribution in [0.5, 0.6) is 0 Å². The van der Waals surface area contributed by atoms with E-state index in [4.69, 9.17) is 0 Å². The van der Waals surface area contributed by atoms with Crippen LogP contribution in [0.2, 0.25) is 0 Å². The minimum absolute atomic E-state index is 0. The van der Waals surface area contributed by atoms with Gasteiger partial charge >= 0.3 is 88.7 Å². The largest absolute Gasteiger partial charge is 1.00 e. The summed E-state index contributed by atoms with van der Waals surface area (Å²) in [6.07, 6.45) is -18.7. The summed E-state index contributed by atoms with van der Waals surface area (Å²) in [5.41, 5.74) is 0. The van der Waals surface area contributed by atoms with Crippen LogP contribution in [0.3, 0.4) is 0 Å². The van der Waals surface area contributed by atoms with Gasteiger partial charge in [-0.25, -0.2) is 0 Å². The van der Waals surface area contributed by atoms with Crippen LogP contribution in [0.15, 0.2) is 0 Å². The Labute approximate surface area is 228 Å². The van der Waals surface area contributed by atoms with Gasteiger partial charge in [0.1, 0.15) is 48.7 Å². The molecule has 0 radical (unpaired) electrons. The van der Waals surface area contributed by atoms with E-state index in [0.29, 0.717) is 0 Å². The van der Waals surface area contributed by atoms with Gasteiger partial charge in [-0.2, -0.15) is 0 Å². The molecule has 9 atom stereocenters. The number of carboxylic acids is 3. The van der Waals surface area contributed by atoms with Crippen LogP contribution in [0.4, 0.5) is 0 Å². The Bertz CT molecular complexity index is 606. The summed E-state index contributed by atoms with van der Waals surface area (Å²) in [5, 5.41) is 81.4. The Balaban J connectivity index is 0. The molecule has 2 fully saturated rings. The fourth-order valence-electron chi connectivity index (χ4n) is 2.53. The molecule has 0 aromatic rings. The molecule has 0 spiro atoms. The van der Waals surface area contributed by atoms with Gasteiger partial charge in [0.2, 0.25) is 5.79 Å². The van der Waals surface area contributed by atoms with Crippen LogP contribution in [0.1, 0.15) is 0 Å². The van der Waals surface area contributed by atoms with Crippen LogP contribution < -0.4 is 104 Å². The molecule has 5 N–H and O–H groups in total. The van der Waals surface area contributed by atoms with Crippen LogP contribution >= 0.6 is 0 Å². The number of aliphatic hydroxyl groups excluding tert-OH is 5. The van der Waals surface area contributed by atoms with E-state index in [9.17, 15) is 55.2 Å². The first kappa shape index (κ1) is 32.3. The number of hydrogen-bond acceptors (Lipinski definition) is 14. The van der Waals surface area contributed by atoms with E-state index in [1.54, 1.807) is 0 Å². The second kappa shape index (κ2) is 12.4. The standard InChI is InChI=1S/C12H16O14.3Na/c13-1-2(14)5(8(18)19)24-10(3(1)15)26-12(11(22)23)7(17)4(16)6(25-12)9(20)21;;;/h1-7,10,13-17H,(H,18,19)(H,20,21)(H,22,23);;;/q;3*+1/p-3/t1-,2-,3+,4+,5-,6-,7-,10+,12+;;;/m0.../s1. The molecule has 2 aliphatic heterocycles. The van der Waals surface area contributed by atoms with Crippen molar-refractivity contribution >= 4 is 17.9 Å². The molecular weight excluding hydrogens is 437 g/mol. The molecule has 17 heteroatoms. The predicted molar refractivity (Wildman–Crippen MR) is 62.4 cm³/mol. The molecule has 14 nitrogen and oxygen atoms in total. The van der Waals surface area contributed by atoms with E-state index >= 15 is 0 Å². The molecule has 2 rings (SSSR count). The van der Waals surface area contributed by atoms with Gasteiger partial charge in [0.05, 0.1) is 11.9 Å². The zero-order valence-electron chi connectivity index (χ0n) is 15.5. The summed E-state index contributed by atoms with van der Waals surface area (Å²) in [6.45, 7) is 0. The molecule has 148 valence electrons. The number of carboxylic acid groups (broad SMARTS) is 3. The molecule has 0 saturated carbocycles. The van der Waals surface area contributed by atoms with E-state index in [1.807, 2.05) is 0 Å². The van der Waals surface area contributed by atoms with E-state index < -0.39 is 72.7 Å². The fourth-order valence-corrected chi connectivity index (χ4v) is 2.53. The van der Waals surface area contributed by atoms with Crippen LogP contribution in [0, 0.1) is 0 Å². The molecule has 2 saturated heterocycles. The van der Waals surface area contributed by atoms with Crippen molar-refractivity contribution in [2.45, 2.75) is 54.8 Å². The summed E-state index contributed by atoms with van der Waals surface area (Å²) in [7, 11) is 0. The number of hydrogen-bond donors (Lipinski definition) is 5. The van der Waals surface area contributed by atoms with Crippen LogP contribution in [-0.4, -0.2) is 98.2 Å². The number of ether oxygens (including phenoxy) is 3. The first-order valence-electron chi connectivity index (χ1n) is 6.98. The van der Waals surface area contributed by atoms with Crippen molar-refractivity contribution in [2.24, 2.45) is 0 Å². The predicted octanol–water partition coefficient (Wildman–Crippen LogP) is -18.1. The summed E-state index contributed by atoms with van der Waals surface area (Å²) >= 11 is 0.